The molecule has 0 aliphatic heterocycles. The van der Waals surface area contributed by atoms with E-state index >= 15 is 0 Å². The Balaban J connectivity index is 2.38. The number of aromatic nitrogens is 2. The van der Waals surface area contributed by atoms with Crippen molar-refractivity contribution < 1.29 is 14.2 Å². The predicted octanol–water partition coefficient (Wildman–Crippen LogP) is 3.35. The Kier molecular flexibility index (Phi) is 6.41. The zero-order valence-electron chi connectivity index (χ0n) is 15.4. The normalized spacial score (nSPS) is 10.8. The molecule has 136 valence electrons. The maximum Gasteiger partial charge on any atom is 0.222 e. The number of ether oxygens (including phenoxy) is 3. The lowest BCUT2D eigenvalue weighted by molar-refractivity contribution is 0.210. The van der Waals surface area contributed by atoms with Gasteiger partial charge < -0.3 is 25.3 Å². The van der Waals surface area contributed by atoms with Crippen LogP contribution in [0.1, 0.15) is 30.9 Å². The van der Waals surface area contributed by atoms with Crippen molar-refractivity contribution in [3.05, 3.63) is 29.5 Å². The summed E-state index contributed by atoms with van der Waals surface area (Å²) in [6, 6.07) is 3.97. The van der Waals surface area contributed by atoms with Crippen molar-refractivity contribution in [3.8, 4) is 17.2 Å². The SMILES string of the molecule is COCCNc1nc(N)ncc1Oc1cc(OC)c(C)cc1C(C)C. The summed E-state index contributed by atoms with van der Waals surface area (Å²) in [5, 5.41) is 3.15. The lowest BCUT2D eigenvalue weighted by Gasteiger charge is -2.18. The van der Waals surface area contributed by atoms with Crippen LogP contribution >= 0.6 is 0 Å². The summed E-state index contributed by atoms with van der Waals surface area (Å²) in [5.41, 5.74) is 7.84. The van der Waals surface area contributed by atoms with Gasteiger partial charge in [-0.1, -0.05) is 13.8 Å². The predicted molar refractivity (Wildman–Crippen MR) is 98.7 cm³/mol. The van der Waals surface area contributed by atoms with Crippen LogP contribution in [0.25, 0.3) is 0 Å². The lowest BCUT2D eigenvalue weighted by atomic mass is 9.99. The van der Waals surface area contributed by atoms with Crippen molar-refractivity contribution in [2.45, 2.75) is 26.7 Å². The van der Waals surface area contributed by atoms with E-state index in [4.69, 9.17) is 19.9 Å². The summed E-state index contributed by atoms with van der Waals surface area (Å²) in [6.07, 6.45) is 1.56. The fourth-order valence-electron chi connectivity index (χ4n) is 2.43. The number of nitrogen functional groups attached to an aromatic ring is 1. The lowest BCUT2D eigenvalue weighted by Crippen LogP contribution is -2.11. The molecule has 0 saturated carbocycles. The molecule has 0 radical (unpaired) electrons. The second-order valence-corrected chi connectivity index (χ2v) is 5.98. The third kappa shape index (κ3) is 4.73. The van der Waals surface area contributed by atoms with Crippen molar-refractivity contribution in [2.75, 3.05) is 38.4 Å². The van der Waals surface area contributed by atoms with Gasteiger partial charge in [0.1, 0.15) is 11.5 Å². The molecule has 0 aliphatic rings. The van der Waals surface area contributed by atoms with E-state index in [1.54, 1.807) is 20.4 Å². The average molecular weight is 346 g/mol. The number of nitrogens with zero attached hydrogens (tertiary/aromatic N) is 2. The molecule has 7 nitrogen and oxygen atoms in total. The topological polar surface area (TPSA) is 91.5 Å². The highest BCUT2D eigenvalue weighted by Crippen LogP contribution is 2.37. The van der Waals surface area contributed by atoms with E-state index in [1.165, 1.54) is 0 Å². The second kappa shape index (κ2) is 8.53. The molecule has 3 N–H and O–H groups in total. The fourth-order valence-corrected chi connectivity index (χ4v) is 2.43. The summed E-state index contributed by atoms with van der Waals surface area (Å²) in [6.45, 7) is 7.37. The Labute approximate surface area is 148 Å². The van der Waals surface area contributed by atoms with Gasteiger partial charge in [-0.2, -0.15) is 4.98 Å². The number of rotatable bonds is 8. The summed E-state index contributed by atoms with van der Waals surface area (Å²) >= 11 is 0. The summed E-state index contributed by atoms with van der Waals surface area (Å²) in [5.74, 6) is 2.97. The second-order valence-electron chi connectivity index (χ2n) is 5.98. The van der Waals surface area contributed by atoms with Gasteiger partial charge in [-0.3, -0.25) is 0 Å². The van der Waals surface area contributed by atoms with Crippen molar-refractivity contribution in [2.24, 2.45) is 0 Å². The molecule has 0 atom stereocenters. The van der Waals surface area contributed by atoms with Crippen LogP contribution < -0.4 is 20.5 Å². The Hall–Kier alpha value is -2.54. The first-order chi connectivity index (χ1) is 12.0. The van der Waals surface area contributed by atoms with Crippen molar-refractivity contribution in [1.82, 2.24) is 9.97 Å². The van der Waals surface area contributed by atoms with E-state index in [0.717, 1.165) is 16.9 Å². The third-order valence-corrected chi connectivity index (χ3v) is 3.74. The molecule has 2 aromatic rings. The minimum absolute atomic E-state index is 0.179. The van der Waals surface area contributed by atoms with Gasteiger partial charge in [0.05, 0.1) is 19.9 Å². The minimum Gasteiger partial charge on any atom is -0.496 e. The van der Waals surface area contributed by atoms with E-state index in [-0.39, 0.29) is 5.95 Å². The zero-order chi connectivity index (χ0) is 18.4. The van der Waals surface area contributed by atoms with Crippen LogP contribution in [0.2, 0.25) is 0 Å². The number of anilines is 2. The average Bonchev–Trinajstić information content (AvgIpc) is 2.58. The van der Waals surface area contributed by atoms with Crippen LogP contribution in [-0.4, -0.2) is 37.3 Å². The molecule has 0 unspecified atom stereocenters. The van der Waals surface area contributed by atoms with Gasteiger partial charge >= 0.3 is 0 Å². The molecule has 0 fully saturated rings. The first-order valence-corrected chi connectivity index (χ1v) is 8.18. The molecule has 1 aromatic carbocycles. The Morgan fingerprint density at radius 3 is 2.56 bits per heavy atom. The van der Waals surface area contributed by atoms with Gasteiger partial charge in [-0.05, 0) is 30.0 Å². The van der Waals surface area contributed by atoms with E-state index in [2.05, 4.69) is 35.2 Å². The van der Waals surface area contributed by atoms with Gasteiger partial charge in [0.25, 0.3) is 0 Å². The third-order valence-electron chi connectivity index (χ3n) is 3.74. The molecule has 0 amide bonds. The first kappa shape index (κ1) is 18.8. The van der Waals surface area contributed by atoms with Crippen LogP contribution in [-0.2, 0) is 4.74 Å². The summed E-state index contributed by atoms with van der Waals surface area (Å²) in [4.78, 5) is 8.26. The molecular formula is C18H26N4O3. The number of aryl methyl sites for hydroxylation is 1. The molecule has 1 aromatic heterocycles. The van der Waals surface area contributed by atoms with Crippen molar-refractivity contribution in [3.63, 3.8) is 0 Å². The maximum absolute atomic E-state index is 6.12. The smallest absolute Gasteiger partial charge is 0.222 e. The van der Waals surface area contributed by atoms with Crippen LogP contribution in [0.3, 0.4) is 0 Å². The molecule has 1 heterocycles. The Bertz CT molecular complexity index is 720. The highest BCUT2D eigenvalue weighted by molar-refractivity contribution is 5.55. The number of nitrogens with two attached hydrogens (primary N) is 1. The van der Waals surface area contributed by atoms with Gasteiger partial charge in [-0.15, -0.1) is 0 Å². The molecule has 7 heteroatoms. The largest absolute Gasteiger partial charge is 0.496 e. The van der Waals surface area contributed by atoms with Gasteiger partial charge in [0.2, 0.25) is 5.95 Å². The quantitative estimate of drug-likeness (QED) is 0.708. The highest BCUT2D eigenvalue weighted by Gasteiger charge is 2.16. The molecule has 25 heavy (non-hydrogen) atoms. The maximum atomic E-state index is 6.12. The van der Waals surface area contributed by atoms with Crippen molar-refractivity contribution >= 4 is 11.8 Å². The molecule has 0 aliphatic carbocycles. The van der Waals surface area contributed by atoms with Crippen LogP contribution in [0, 0.1) is 6.92 Å². The first-order valence-electron chi connectivity index (χ1n) is 8.18. The standard InChI is InChI=1S/C18H26N4O3/c1-11(2)13-8-12(3)14(24-5)9-15(13)25-16-10-21-18(19)22-17(16)20-6-7-23-4/h8-11H,6-7H2,1-5H3,(H3,19,20,21,22). The zero-order valence-corrected chi connectivity index (χ0v) is 15.4. The van der Waals surface area contributed by atoms with Crippen LogP contribution in [0.4, 0.5) is 11.8 Å². The molecular weight excluding hydrogens is 320 g/mol. The number of benzene rings is 1. The van der Waals surface area contributed by atoms with Crippen LogP contribution in [0.15, 0.2) is 18.3 Å². The summed E-state index contributed by atoms with van der Waals surface area (Å²) in [7, 11) is 3.28. The molecule has 2 rings (SSSR count). The van der Waals surface area contributed by atoms with E-state index in [1.807, 2.05) is 13.0 Å². The van der Waals surface area contributed by atoms with Gasteiger partial charge in [-0.25, -0.2) is 4.98 Å². The number of methoxy groups -OCH3 is 2. The number of nitrogens with one attached hydrogen (secondary N) is 1. The van der Waals surface area contributed by atoms with E-state index < -0.39 is 0 Å². The Morgan fingerprint density at radius 2 is 1.92 bits per heavy atom. The van der Waals surface area contributed by atoms with Gasteiger partial charge in [0, 0.05) is 19.7 Å². The number of hydrogen-bond acceptors (Lipinski definition) is 7. The molecule has 0 spiro atoms. The minimum atomic E-state index is 0.179. The Morgan fingerprint density at radius 1 is 1.16 bits per heavy atom. The molecule has 0 saturated heterocycles. The summed E-state index contributed by atoms with van der Waals surface area (Å²) < 4.78 is 16.6. The van der Waals surface area contributed by atoms with E-state index in [0.29, 0.717) is 36.4 Å². The highest BCUT2D eigenvalue weighted by atomic mass is 16.5. The number of hydrogen-bond donors (Lipinski definition) is 2. The van der Waals surface area contributed by atoms with Crippen LogP contribution in [0.5, 0.6) is 17.2 Å². The van der Waals surface area contributed by atoms with Crippen molar-refractivity contribution in [1.29, 1.82) is 0 Å². The van der Waals surface area contributed by atoms with E-state index in [9.17, 15) is 0 Å². The van der Waals surface area contributed by atoms with Gasteiger partial charge in [0.15, 0.2) is 11.6 Å². The fraction of sp³-hybridized carbons (Fsp3) is 0.444. The molecule has 0 bridgehead atoms. The monoisotopic (exact) mass is 346 g/mol.